The predicted molar refractivity (Wildman–Crippen MR) is 117 cm³/mol. The third kappa shape index (κ3) is 4.66. The van der Waals surface area contributed by atoms with Crippen LogP contribution in [0.1, 0.15) is 18.5 Å². The zero-order chi connectivity index (χ0) is 21.0. The number of carbonyl (C=O) groups is 1. The second-order valence-corrected chi connectivity index (χ2v) is 7.65. The molecule has 1 atom stereocenters. The van der Waals surface area contributed by atoms with Crippen molar-refractivity contribution >= 4 is 44.9 Å². The molecule has 0 aromatic heterocycles. The van der Waals surface area contributed by atoms with E-state index >= 15 is 0 Å². The van der Waals surface area contributed by atoms with Gasteiger partial charge in [0.25, 0.3) is 0 Å². The quantitative estimate of drug-likeness (QED) is 0.375. The van der Waals surface area contributed by atoms with Gasteiger partial charge < -0.3 is 14.8 Å². The average molecular weight is 479 g/mol. The molecule has 1 aliphatic heterocycles. The average Bonchev–Trinajstić information content (AvgIpc) is 2.70. The van der Waals surface area contributed by atoms with E-state index in [1.807, 2.05) is 30.3 Å². The van der Waals surface area contributed by atoms with Crippen molar-refractivity contribution in [3.05, 3.63) is 75.7 Å². The summed E-state index contributed by atoms with van der Waals surface area (Å²) in [6.07, 6.45) is 0. The number of allylic oxidation sites excluding steroid dienone is 1. The molecule has 3 rings (SSSR count). The fourth-order valence-corrected chi connectivity index (χ4v) is 3.90. The maximum atomic E-state index is 14.7. The number of benzene rings is 2. The maximum Gasteiger partial charge on any atom is 0.338 e. The van der Waals surface area contributed by atoms with Crippen molar-refractivity contribution in [3.8, 4) is 0 Å². The van der Waals surface area contributed by atoms with Gasteiger partial charge in [-0.2, -0.15) is 0 Å². The van der Waals surface area contributed by atoms with Crippen molar-refractivity contribution in [1.29, 1.82) is 0 Å². The van der Waals surface area contributed by atoms with Crippen LogP contribution in [0.25, 0.3) is 0 Å². The fourth-order valence-electron chi connectivity index (χ4n) is 3.16. The Morgan fingerprint density at radius 1 is 1.24 bits per heavy atom. The molecule has 0 saturated carbocycles. The summed E-state index contributed by atoms with van der Waals surface area (Å²) in [6.45, 7) is 2.13. The van der Waals surface area contributed by atoms with E-state index in [-0.39, 0.29) is 18.8 Å². The monoisotopic (exact) mass is 478 g/mol. The molecule has 0 radical (unpaired) electrons. The Bertz CT molecular complexity index is 952. The Morgan fingerprint density at radius 3 is 2.66 bits per heavy atom. The molecule has 0 saturated heterocycles. The Balaban J connectivity index is 2.10. The first-order valence-corrected chi connectivity index (χ1v) is 10.1. The van der Waals surface area contributed by atoms with Gasteiger partial charge in [-0.15, -0.1) is 0 Å². The number of nitrogens with one attached hydrogen (secondary N) is 1. The van der Waals surface area contributed by atoms with Crippen LogP contribution >= 0.6 is 28.1 Å². The van der Waals surface area contributed by atoms with Gasteiger partial charge in [0.15, 0.2) is 5.11 Å². The number of para-hydroxylation sites is 1. The number of rotatable bonds is 6. The number of anilines is 1. The van der Waals surface area contributed by atoms with Crippen molar-refractivity contribution in [2.75, 3.05) is 25.2 Å². The summed E-state index contributed by atoms with van der Waals surface area (Å²) in [6, 6.07) is 13.2. The second-order valence-electron chi connectivity index (χ2n) is 6.35. The molecule has 0 spiro atoms. The molecular weight excluding hydrogens is 459 g/mol. The molecule has 1 N–H and O–H groups in total. The lowest BCUT2D eigenvalue weighted by Crippen LogP contribution is -2.48. The summed E-state index contributed by atoms with van der Waals surface area (Å²) in [7, 11) is 1.52. The molecule has 0 bridgehead atoms. The standard InChI is InChI=1S/C21H20BrFN2O3S/c1-13-18(20(26)28-11-10-27-2)19(16-12-14(22)8-9-17(16)23)24-21(29)25(13)15-6-4-3-5-7-15/h3-9,12,19H,10-11H2,1-2H3,(H,24,29). The van der Waals surface area contributed by atoms with E-state index < -0.39 is 17.8 Å². The van der Waals surface area contributed by atoms with Crippen LogP contribution in [0.5, 0.6) is 0 Å². The number of methoxy groups -OCH3 is 1. The largest absolute Gasteiger partial charge is 0.460 e. The van der Waals surface area contributed by atoms with Gasteiger partial charge in [0, 0.05) is 28.5 Å². The first kappa shape index (κ1) is 21.4. The van der Waals surface area contributed by atoms with Gasteiger partial charge in [-0.05, 0) is 49.5 Å². The molecule has 0 aliphatic carbocycles. The number of carbonyl (C=O) groups excluding carboxylic acids is 1. The van der Waals surface area contributed by atoms with Crippen LogP contribution in [0, 0.1) is 5.82 Å². The van der Waals surface area contributed by atoms with Gasteiger partial charge >= 0.3 is 5.97 Å². The summed E-state index contributed by atoms with van der Waals surface area (Å²) >= 11 is 8.92. The minimum absolute atomic E-state index is 0.0928. The Labute approximate surface area is 182 Å². The molecule has 8 heteroatoms. The highest BCUT2D eigenvalue weighted by Crippen LogP contribution is 2.36. The summed E-state index contributed by atoms with van der Waals surface area (Å²) in [4.78, 5) is 14.7. The minimum atomic E-state index is -0.782. The van der Waals surface area contributed by atoms with Gasteiger partial charge in [-0.1, -0.05) is 34.1 Å². The van der Waals surface area contributed by atoms with Crippen molar-refractivity contribution < 1.29 is 18.7 Å². The van der Waals surface area contributed by atoms with Gasteiger partial charge in [-0.3, -0.25) is 4.90 Å². The van der Waals surface area contributed by atoms with Crippen LogP contribution in [0.2, 0.25) is 0 Å². The van der Waals surface area contributed by atoms with E-state index in [1.165, 1.54) is 13.2 Å². The molecule has 0 fully saturated rings. The van der Waals surface area contributed by atoms with Gasteiger partial charge in [0.1, 0.15) is 12.4 Å². The second kappa shape index (κ2) is 9.47. The van der Waals surface area contributed by atoms with Crippen LogP contribution < -0.4 is 10.2 Å². The Morgan fingerprint density at radius 2 is 1.97 bits per heavy atom. The van der Waals surface area contributed by atoms with Crippen LogP contribution in [-0.4, -0.2) is 31.4 Å². The van der Waals surface area contributed by atoms with Gasteiger partial charge in [0.05, 0.1) is 18.2 Å². The Kier molecular flexibility index (Phi) is 7.00. The van der Waals surface area contributed by atoms with Crippen molar-refractivity contribution in [3.63, 3.8) is 0 Å². The number of nitrogens with zero attached hydrogens (tertiary/aromatic N) is 1. The molecule has 2 aromatic rings. The molecule has 152 valence electrons. The summed E-state index contributed by atoms with van der Waals surface area (Å²) < 4.78 is 25.7. The summed E-state index contributed by atoms with van der Waals surface area (Å²) in [5, 5.41) is 3.47. The smallest absolute Gasteiger partial charge is 0.338 e. The molecule has 1 aliphatic rings. The third-order valence-corrected chi connectivity index (χ3v) is 5.30. The first-order valence-electron chi connectivity index (χ1n) is 8.91. The van der Waals surface area contributed by atoms with E-state index in [9.17, 15) is 9.18 Å². The molecular formula is C21H20BrFN2O3S. The highest BCUT2D eigenvalue weighted by atomic mass is 79.9. The maximum absolute atomic E-state index is 14.7. The molecule has 5 nitrogen and oxygen atoms in total. The minimum Gasteiger partial charge on any atom is -0.460 e. The number of thiocarbonyl (C=S) groups is 1. The molecule has 29 heavy (non-hydrogen) atoms. The van der Waals surface area contributed by atoms with Crippen molar-refractivity contribution in [1.82, 2.24) is 5.32 Å². The van der Waals surface area contributed by atoms with E-state index in [1.54, 1.807) is 24.0 Å². The fraction of sp³-hybridized carbons (Fsp3) is 0.238. The number of hydrogen-bond acceptors (Lipinski definition) is 4. The Hall–Kier alpha value is -2.29. The predicted octanol–water partition coefficient (Wildman–Crippen LogP) is 4.49. The summed E-state index contributed by atoms with van der Waals surface area (Å²) in [5.74, 6) is -1.00. The molecule has 1 unspecified atom stereocenters. The SMILES string of the molecule is COCCOC(=O)C1=C(C)N(c2ccccc2)C(=S)NC1c1cc(Br)ccc1F. The third-order valence-electron chi connectivity index (χ3n) is 4.51. The van der Waals surface area contributed by atoms with Crippen LogP contribution in [0.3, 0.4) is 0 Å². The molecule has 1 heterocycles. The van der Waals surface area contributed by atoms with Crippen LogP contribution in [-0.2, 0) is 14.3 Å². The van der Waals surface area contributed by atoms with Crippen LogP contribution in [0.4, 0.5) is 10.1 Å². The van der Waals surface area contributed by atoms with Gasteiger partial charge in [0.2, 0.25) is 0 Å². The van der Waals surface area contributed by atoms with E-state index in [2.05, 4.69) is 21.2 Å². The van der Waals surface area contributed by atoms with E-state index in [0.29, 0.717) is 20.8 Å². The number of halogens is 2. The zero-order valence-corrected chi connectivity index (χ0v) is 18.3. The number of hydrogen-bond donors (Lipinski definition) is 1. The zero-order valence-electron chi connectivity index (χ0n) is 15.9. The summed E-state index contributed by atoms with van der Waals surface area (Å²) in [5.41, 5.74) is 1.95. The lowest BCUT2D eigenvalue weighted by molar-refractivity contribution is -0.140. The molecule has 0 amide bonds. The highest BCUT2D eigenvalue weighted by Gasteiger charge is 2.36. The normalized spacial score (nSPS) is 16.6. The topological polar surface area (TPSA) is 50.8 Å². The number of ether oxygens (including phenoxy) is 2. The number of esters is 1. The lowest BCUT2D eigenvalue weighted by Gasteiger charge is -2.37. The molecule has 2 aromatic carbocycles. The highest BCUT2D eigenvalue weighted by molar-refractivity contribution is 9.10. The van der Waals surface area contributed by atoms with Crippen LogP contribution in [0.15, 0.2) is 64.3 Å². The van der Waals surface area contributed by atoms with Crippen molar-refractivity contribution in [2.45, 2.75) is 13.0 Å². The first-order chi connectivity index (χ1) is 13.9. The van der Waals surface area contributed by atoms with Gasteiger partial charge in [-0.25, -0.2) is 9.18 Å². The van der Waals surface area contributed by atoms with E-state index in [4.69, 9.17) is 21.7 Å². The van der Waals surface area contributed by atoms with E-state index in [0.717, 1.165) is 5.69 Å². The van der Waals surface area contributed by atoms with Crippen molar-refractivity contribution in [2.24, 2.45) is 0 Å². The lowest BCUT2D eigenvalue weighted by atomic mass is 9.94.